The van der Waals surface area contributed by atoms with E-state index >= 15 is 0 Å². The average Bonchev–Trinajstić information content (AvgIpc) is 2.82. The molecule has 1 atom stereocenters. The Balaban J connectivity index is 3.75. The molecule has 0 spiro atoms. The van der Waals surface area contributed by atoms with Crippen LogP contribution in [-0.4, -0.2) is 46.8 Å². The van der Waals surface area contributed by atoms with E-state index in [0.29, 0.717) is 19.3 Å². The predicted octanol–water partition coefficient (Wildman–Crippen LogP) is 5.73. The summed E-state index contributed by atoms with van der Waals surface area (Å²) in [4.78, 5) is 23.1. The Morgan fingerprint density at radius 1 is 0.686 bits per heavy atom. The van der Waals surface area contributed by atoms with E-state index in [2.05, 4.69) is 17.0 Å². The van der Waals surface area contributed by atoms with Crippen molar-refractivity contribution in [3.63, 3.8) is 0 Å². The molecule has 35 heavy (non-hydrogen) atoms. The minimum atomic E-state index is -2.77. The quantitative estimate of drug-likeness (QED) is 0.0721. The highest BCUT2D eigenvalue weighted by molar-refractivity contribution is 5.75. The van der Waals surface area contributed by atoms with Gasteiger partial charge < -0.3 is 25.4 Å². The smallest absolute Gasteiger partial charge is 0.305 e. The molecule has 0 radical (unpaired) electrons. The van der Waals surface area contributed by atoms with Gasteiger partial charge in [-0.3, -0.25) is 9.59 Å². The van der Waals surface area contributed by atoms with Gasteiger partial charge in [0.2, 0.25) is 5.91 Å². The molecule has 0 aliphatic rings. The van der Waals surface area contributed by atoms with Gasteiger partial charge in [0.15, 0.2) is 0 Å². The zero-order chi connectivity index (χ0) is 26.2. The summed E-state index contributed by atoms with van der Waals surface area (Å²) in [6.45, 7) is 2.30. The molecule has 7 heteroatoms. The summed E-state index contributed by atoms with van der Waals surface area (Å²) in [6.07, 6.45) is 21.7. The van der Waals surface area contributed by atoms with Crippen molar-refractivity contribution in [1.29, 1.82) is 0 Å². The van der Waals surface area contributed by atoms with Crippen LogP contribution in [0.4, 0.5) is 0 Å². The number of esters is 1. The second kappa shape index (κ2) is 23.2. The minimum Gasteiger partial charge on any atom is -0.469 e. The van der Waals surface area contributed by atoms with E-state index in [1.54, 1.807) is 0 Å². The van der Waals surface area contributed by atoms with Crippen molar-refractivity contribution in [2.24, 2.45) is 5.92 Å². The van der Waals surface area contributed by atoms with Crippen molar-refractivity contribution in [3.8, 4) is 0 Å². The number of rotatable bonds is 25. The molecule has 0 aliphatic heterocycles. The molecule has 4 N–H and O–H groups in total. The number of amides is 1. The fourth-order valence-corrected chi connectivity index (χ4v) is 4.35. The normalized spacial score (nSPS) is 12.5. The number of carbonyl (C=O) groups is 2. The third-order valence-electron chi connectivity index (χ3n) is 6.76. The molecular formula is C28H55NO6. The summed E-state index contributed by atoms with van der Waals surface area (Å²) >= 11 is 0. The zero-order valence-electron chi connectivity index (χ0n) is 22.7. The number of ether oxygens (including phenoxy) is 1. The highest BCUT2D eigenvalue weighted by Gasteiger charge is 2.31. The highest BCUT2D eigenvalue weighted by Crippen LogP contribution is 2.20. The Morgan fingerprint density at radius 3 is 1.57 bits per heavy atom. The van der Waals surface area contributed by atoms with Crippen LogP contribution in [0.3, 0.4) is 0 Å². The summed E-state index contributed by atoms with van der Waals surface area (Å²) in [5, 5.41) is 31.7. The minimum absolute atomic E-state index is 0.0553. The van der Waals surface area contributed by atoms with Crippen molar-refractivity contribution < 1.29 is 29.6 Å². The lowest BCUT2D eigenvalue weighted by Crippen LogP contribution is -2.44. The Labute approximate surface area is 214 Å². The molecule has 0 rings (SSSR count). The third-order valence-corrected chi connectivity index (χ3v) is 6.76. The zero-order valence-corrected chi connectivity index (χ0v) is 22.7. The van der Waals surface area contributed by atoms with Gasteiger partial charge in [-0.2, -0.15) is 0 Å². The van der Waals surface area contributed by atoms with Crippen molar-refractivity contribution in [2.45, 2.75) is 148 Å². The number of aliphatic hydroxyl groups is 3. The van der Waals surface area contributed by atoms with Gasteiger partial charge in [-0.15, -0.1) is 0 Å². The second-order valence-electron chi connectivity index (χ2n) is 10.1. The van der Waals surface area contributed by atoms with Crippen molar-refractivity contribution >= 4 is 11.9 Å². The Morgan fingerprint density at radius 2 is 1.11 bits per heavy atom. The molecule has 0 bridgehead atoms. The first-order chi connectivity index (χ1) is 16.8. The molecule has 0 fully saturated rings. The lowest BCUT2D eigenvalue weighted by atomic mass is 9.97. The van der Waals surface area contributed by atoms with Gasteiger partial charge >= 0.3 is 5.97 Å². The van der Waals surface area contributed by atoms with E-state index < -0.39 is 11.9 Å². The van der Waals surface area contributed by atoms with Crippen LogP contribution >= 0.6 is 0 Å². The highest BCUT2D eigenvalue weighted by atomic mass is 16.7. The van der Waals surface area contributed by atoms with Crippen LogP contribution in [0.5, 0.6) is 0 Å². The Bertz CT molecular complexity index is 506. The van der Waals surface area contributed by atoms with Crippen LogP contribution in [0.25, 0.3) is 0 Å². The van der Waals surface area contributed by atoms with E-state index in [4.69, 9.17) is 0 Å². The molecule has 0 heterocycles. The Kier molecular flexibility index (Phi) is 22.4. The largest absolute Gasteiger partial charge is 0.469 e. The summed E-state index contributed by atoms with van der Waals surface area (Å²) in [6, 6.07) is 0. The lowest BCUT2D eigenvalue weighted by Gasteiger charge is -2.26. The molecule has 0 aromatic rings. The van der Waals surface area contributed by atoms with Crippen LogP contribution in [-0.2, 0) is 14.3 Å². The van der Waals surface area contributed by atoms with E-state index in [9.17, 15) is 24.9 Å². The van der Waals surface area contributed by atoms with E-state index in [-0.39, 0.29) is 18.4 Å². The van der Waals surface area contributed by atoms with Crippen molar-refractivity contribution in [2.75, 3.05) is 13.7 Å². The molecule has 7 nitrogen and oxygen atoms in total. The predicted molar refractivity (Wildman–Crippen MR) is 141 cm³/mol. The molecule has 0 saturated heterocycles. The van der Waals surface area contributed by atoms with Crippen LogP contribution in [0.15, 0.2) is 0 Å². The summed E-state index contributed by atoms with van der Waals surface area (Å²) in [5.74, 6) is -3.90. The van der Waals surface area contributed by atoms with Gasteiger partial charge in [0.25, 0.3) is 5.97 Å². The second-order valence-corrected chi connectivity index (χ2v) is 10.1. The number of hydrogen-bond donors (Lipinski definition) is 4. The van der Waals surface area contributed by atoms with Crippen LogP contribution in [0.2, 0.25) is 0 Å². The average molecular weight is 502 g/mol. The fraction of sp³-hybridized carbons (Fsp3) is 0.929. The van der Waals surface area contributed by atoms with Gasteiger partial charge in [0.05, 0.1) is 13.0 Å². The molecule has 0 aromatic carbocycles. The maximum absolute atomic E-state index is 12.1. The summed E-state index contributed by atoms with van der Waals surface area (Å²) in [7, 11) is 1.39. The van der Waals surface area contributed by atoms with E-state index in [1.807, 2.05) is 0 Å². The third kappa shape index (κ3) is 23.0. The first-order valence-corrected chi connectivity index (χ1v) is 14.3. The first-order valence-electron chi connectivity index (χ1n) is 14.3. The molecule has 1 amide bonds. The molecule has 0 aromatic heterocycles. The van der Waals surface area contributed by atoms with Gasteiger partial charge in [0.1, 0.15) is 0 Å². The van der Waals surface area contributed by atoms with Gasteiger partial charge in [-0.05, 0) is 19.3 Å². The molecule has 0 aliphatic carbocycles. The topological polar surface area (TPSA) is 116 Å². The molecular weight excluding hydrogens is 446 g/mol. The number of methoxy groups -OCH3 is 1. The van der Waals surface area contributed by atoms with Gasteiger partial charge in [-0.1, -0.05) is 110 Å². The van der Waals surface area contributed by atoms with Gasteiger partial charge in [0, 0.05) is 19.4 Å². The standard InChI is InChI=1S/C28H55NO6/c1-3-4-5-6-7-8-9-10-11-12-13-15-18-21-25(28(32,33)34)24-29-26(30)22-19-16-14-17-20-23-27(31)35-2/h25,32-34H,3-24H2,1-2H3,(H,29,30). The maximum Gasteiger partial charge on any atom is 0.305 e. The number of unbranched alkanes of at least 4 members (excludes halogenated alkanes) is 16. The summed E-state index contributed by atoms with van der Waals surface area (Å²) in [5.41, 5.74) is 0. The maximum atomic E-state index is 12.1. The molecule has 208 valence electrons. The fourth-order valence-electron chi connectivity index (χ4n) is 4.35. The van der Waals surface area contributed by atoms with E-state index in [1.165, 1.54) is 71.3 Å². The SMILES string of the molecule is CCCCCCCCCCCCCCCC(CNC(=O)CCCCCCCC(=O)OC)C(O)(O)O. The number of carbonyl (C=O) groups excluding carboxylic acids is 2. The first kappa shape index (κ1) is 33.8. The summed E-state index contributed by atoms with van der Waals surface area (Å²) < 4.78 is 4.60. The van der Waals surface area contributed by atoms with Crippen molar-refractivity contribution in [1.82, 2.24) is 5.32 Å². The Hall–Kier alpha value is -1.18. The number of hydrogen-bond acceptors (Lipinski definition) is 6. The number of nitrogens with one attached hydrogen (secondary N) is 1. The van der Waals surface area contributed by atoms with Crippen molar-refractivity contribution in [3.05, 3.63) is 0 Å². The van der Waals surface area contributed by atoms with Crippen LogP contribution in [0, 0.1) is 5.92 Å². The monoisotopic (exact) mass is 501 g/mol. The van der Waals surface area contributed by atoms with E-state index in [0.717, 1.165) is 51.4 Å². The van der Waals surface area contributed by atoms with Gasteiger partial charge in [-0.25, -0.2) is 0 Å². The van der Waals surface area contributed by atoms with Crippen LogP contribution < -0.4 is 5.32 Å². The van der Waals surface area contributed by atoms with Crippen LogP contribution in [0.1, 0.15) is 142 Å². The molecule has 0 saturated carbocycles. The molecule has 1 unspecified atom stereocenters. The lowest BCUT2D eigenvalue weighted by molar-refractivity contribution is -0.341.